The van der Waals surface area contributed by atoms with E-state index in [0.29, 0.717) is 5.75 Å². The lowest BCUT2D eigenvalue weighted by atomic mass is 10.1. The molecule has 2 rings (SSSR count). The number of aliphatic hydroxyl groups excluding tert-OH is 1. The average molecular weight is 361 g/mol. The minimum Gasteiger partial charge on any atom is -0.487 e. The van der Waals surface area contributed by atoms with Crippen LogP contribution in [0.4, 0.5) is 4.39 Å². The maximum absolute atomic E-state index is 13.3. The molecule has 0 aromatic heterocycles. The summed E-state index contributed by atoms with van der Waals surface area (Å²) in [6.07, 6.45) is -1.29. The predicted octanol–water partition coefficient (Wildman–Crippen LogP) is 0.0325. The summed E-state index contributed by atoms with van der Waals surface area (Å²) in [5, 5.41) is 10.5. The van der Waals surface area contributed by atoms with Gasteiger partial charge in [0.2, 0.25) is 0 Å². The molecule has 1 aliphatic rings. The van der Waals surface area contributed by atoms with Gasteiger partial charge in [-0.2, -0.15) is 17.4 Å². The molecule has 0 amide bonds. The Hall–Kier alpha value is -1.26. The second-order valence-electron chi connectivity index (χ2n) is 6.31. The van der Waals surface area contributed by atoms with E-state index >= 15 is 0 Å². The molecule has 0 aliphatic heterocycles. The molecule has 0 saturated heterocycles. The predicted molar refractivity (Wildman–Crippen MR) is 88.4 cm³/mol. The molecule has 0 unspecified atom stereocenters. The summed E-state index contributed by atoms with van der Waals surface area (Å²) in [7, 11) is 2.73. The van der Waals surface area contributed by atoms with Gasteiger partial charge in [-0.1, -0.05) is 6.07 Å². The number of ether oxygens (including phenoxy) is 1. The Morgan fingerprint density at radius 1 is 1.29 bits per heavy atom. The smallest absolute Gasteiger partial charge is 0.279 e. The van der Waals surface area contributed by atoms with Crippen molar-refractivity contribution in [1.82, 2.24) is 13.9 Å². The molecule has 9 heteroatoms. The lowest BCUT2D eigenvalue weighted by Crippen LogP contribution is -2.52. The Labute approximate surface area is 142 Å². The molecular formula is C15H24FN3O4S. The van der Waals surface area contributed by atoms with E-state index in [4.69, 9.17) is 4.74 Å². The molecule has 0 bridgehead atoms. The third-order valence-electron chi connectivity index (χ3n) is 4.09. The number of likely N-dealkylation sites (N-methyl/N-ethyl adjacent to an activating group) is 1. The van der Waals surface area contributed by atoms with Gasteiger partial charge in [0.1, 0.15) is 23.8 Å². The van der Waals surface area contributed by atoms with Crippen LogP contribution in [0.1, 0.15) is 6.42 Å². The van der Waals surface area contributed by atoms with Crippen LogP contribution in [-0.4, -0.2) is 75.2 Å². The zero-order chi connectivity index (χ0) is 18.1. The molecule has 7 nitrogen and oxygen atoms in total. The second kappa shape index (κ2) is 7.32. The third-order valence-corrected chi connectivity index (χ3v) is 5.65. The number of rotatable bonds is 6. The molecule has 2 N–H and O–H groups in total. The van der Waals surface area contributed by atoms with Crippen molar-refractivity contribution in [2.45, 2.75) is 30.7 Å². The largest absolute Gasteiger partial charge is 0.487 e. The third kappa shape index (κ3) is 4.22. The van der Waals surface area contributed by atoms with Crippen molar-refractivity contribution in [3.63, 3.8) is 0 Å². The highest BCUT2D eigenvalue weighted by Gasteiger charge is 2.46. The minimum absolute atomic E-state index is 0.271. The van der Waals surface area contributed by atoms with Crippen molar-refractivity contribution in [2.24, 2.45) is 0 Å². The zero-order valence-corrected chi connectivity index (χ0v) is 15.0. The lowest BCUT2D eigenvalue weighted by molar-refractivity contribution is 0.0215. The van der Waals surface area contributed by atoms with Crippen LogP contribution in [0.15, 0.2) is 24.3 Å². The average Bonchev–Trinajstić information content (AvgIpc) is 2.74. The van der Waals surface area contributed by atoms with Crippen molar-refractivity contribution in [2.75, 3.05) is 28.2 Å². The van der Waals surface area contributed by atoms with E-state index in [-0.39, 0.29) is 6.42 Å². The fourth-order valence-electron chi connectivity index (χ4n) is 2.90. The molecule has 1 saturated carbocycles. The topological polar surface area (TPSA) is 82.1 Å². The fourth-order valence-corrected chi connectivity index (χ4v) is 3.73. The van der Waals surface area contributed by atoms with Crippen molar-refractivity contribution in [1.29, 1.82) is 0 Å². The first-order valence-corrected chi connectivity index (χ1v) is 9.02. The first kappa shape index (κ1) is 19.1. The SMILES string of the molecule is CN(C)[C@@H]1[C@@H](O)[C@H](Oc2cccc(F)c2)C[C@H]1NS(=O)(=O)N(C)C. The molecule has 1 fully saturated rings. The van der Waals surface area contributed by atoms with Gasteiger partial charge in [0.15, 0.2) is 0 Å². The first-order valence-electron chi connectivity index (χ1n) is 7.58. The first-order chi connectivity index (χ1) is 11.1. The maximum atomic E-state index is 13.3. The number of halogens is 1. The van der Waals surface area contributed by atoms with E-state index in [2.05, 4.69) is 4.72 Å². The van der Waals surface area contributed by atoms with Crippen molar-refractivity contribution >= 4 is 10.2 Å². The fraction of sp³-hybridized carbons (Fsp3) is 0.600. The van der Waals surface area contributed by atoms with Crippen LogP contribution in [0, 0.1) is 5.82 Å². The van der Waals surface area contributed by atoms with Crippen molar-refractivity contribution in [3.05, 3.63) is 30.1 Å². The molecule has 136 valence electrons. The van der Waals surface area contributed by atoms with Crippen LogP contribution in [0.3, 0.4) is 0 Å². The van der Waals surface area contributed by atoms with E-state index in [1.54, 1.807) is 25.1 Å². The van der Waals surface area contributed by atoms with E-state index in [9.17, 15) is 17.9 Å². The lowest BCUT2D eigenvalue weighted by Gasteiger charge is -2.29. The molecule has 1 aliphatic carbocycles. The highest BCUT2D eigenvalue weighted by atomic mass is 32.2. The molecule has 4 atom stereocenters. The Kier molecular flexibility index (Phi) is 5.82. The highest BCUT2D eigenvalue weighted by Crippen LogP contribution is 2.29. The Morgan fingerprint density at radius 2 is 1.96 bits per heavy atom. The van der Waals surface area contributed by atoms with Crippen molar-refractivity contribution in [3.8, 4) is 5.75 Å². The van der Waals surface area contributed by atoms with Gasteiger partial charge >= 0.3 is 0 Å². The molecule has 0 heterocycles. The van der Waals surface area contributed by atoms with Gasteiger partial charge in [-0.25, -0.2) is 4.39 Å². The summed E-state index contributed by atoms with van der Waals surface area (Å²) in [6.45, 7) is 0. The van der Waals surface area contributed by atoms with Crippen molar-refractivity contribution < 1.29 is 22.7 Å². The number of benzene rings is 1. The molecular weight excluding hydrogens is 337 g/mol. The monoisotopic (exact) mass is 361 g/mol. The van der Waals surface area contributed by atoms with Gasteiger partial charge in [-0.05, 0) is 26.2 Å². The number of nitrogens with one attached hydrogen (secondary N) is 1. The second-order valence-corrected chi connectivity index (χ2v) is 8.22. The van der Waals surface area contributed by atoms with Gasteiger partial charge < -0.3 is 14.7 Å². The Morgan fingerprint density at radius 3 is 2.50 bits per heavy atom. The summed E-state index contributed by atoms with van der Waals surface area (Å²) in [5.41, 5.74) is 0. The van der Waals surface area contributed by atoms with Crippen LogP contribution in [0.2, 0.25) is 0 Å². The molecule has 0 spiro atoms. The normalized spacial score (nSPS) is 27.8. The summed E-state index contributed by atoms with van der Waals surface area (Å²) >= 11 is 0. The quantitative estimate of drug-likeness (QED) is 0.747. The van der Waals surface area contributed by atoms with E-state index < -0.39 is 40.3 Å². The van der Waals surface area contributed by atoms with Gasteiger partial charge in [0, 0.05) is 32.6 Å². The van der Waals surface area contributed by atoms with Gasteiger partial charge in [-0.15, -0.1) is 0 Å². The Bertz CT molecular complexity index is 668. The maximum Gasteiger partial charge on any atom is 0.279 e. The van der Waals surface area contributed by atoms with Gasteiger partial charge in [0.25, 0.3) is 10.2 Å². The molecule has 24 heavy (non-hydrogen) atoms. The van der Waals surface area contributed by atoms with Crippen LogP contribution in [0.5, 0.6) is 5.75 Å². The number of hydrogen-bond acceptors (Lipinski definition) is 5. The number of aliphatic hydroxyl groups is 1. The van der Waals surface area contributed by atoms with Crippen LogP contribution >= 0.6 is 0 Å². The molecule has 1 aromatic carbocycles. The summed E-state index contributed by atoms with van der Waals surface area (Å²) < 4.78 is 46.8. The summed E-state index contributed by atoms with van der Waals surface area (Å²) in [6, 6.07) is 4.65. The summed E-state index contributed by atoms with van der Waals surface area (Å²) in [5.74, 6) is -0.137. The van der Waals surface area contributed by atoms with Crippen LogP contribution in [-0.2, 0) is 10.2 Å². The van der Waals surface area contributed by atoms with E-state index in [0.717, 1.165) is 4.31 Å². The standard InChI is InChI=1S/C15H24FN3O4S/c1-18(2)14-12(17-24(21,22)19(3)4)9-13(15(14)20)23-11-7-5-6-10(16)8-11/h5-8,12-15,17,20H,9H2,1-4H3/t12-,13-,14+,15+/m1/s1. The van der Waals surface area contributed by atoms with E-state index in [1.807, 2.05) is 0 Å². The molecule has 0 radical (unpaired) electrons. The highest BCUT2D eigenvalue weighted by molar-refractivity contribution is 7.87. The van der Waals surface area contributed by atoms with Crippen LogP contribution in [0.25, 0.3) is 0 Å². The van der Waals surface area contributed by atoms with Crippen LogP contribution < -0.4 is 9.46 Å². The molecule has 1 aromatic rings. The van der Waals surface area contributed by atoms with E-state index in [1.165, 1.54) is 32.3 Å². The minimum atomic E-state index is -3.64. The summed E-state index contributed by atoms with van der Waals surface area (Å²) in [4.78, 5) is 1.75. The van der Waals surface area contributed by atoms with Gasteiger partial charge in [0.05, 0.1) is 6.04 Å². The Balaban J connectivity index is 2.18. The zero-order valence-electron chi connectivity index (χ0n) is 14.2. The number of nitrogens with zero attached hydrogens (tertiary/aromatic N) is 2. The van der Waals surface area contributed by atoms with Gasteiger partial charge in [-0.3, -0.25) is 0 Å². The number of hydrogen-bond donors (Lipinski definition) is 2.